The molecule has 0 saturated carbocycles. The molecule has 1 aromatic carbocycles. The molecule has 0 bridgehead atoms. The minimum Gasteiger partial charge on any atom is -0.356 e. The third-order valence-corrected chi connectivity index (χ3v) is 4.73. The van der Waals surface area contributed by atoms with Gasteiger partial charge in [-0.25, -0.2) is 0 Å². The predicted octanol–water partition coefficient (Wildman–Crippen LogP) is 3.81. The zero-order valence-electron chi connectivity index (χ0n) is 13.6. The molecule has 1 fully saturated rings. The third-order valence-electron chi connectivity index (χ3n) is 4.03. The summed E-state index contributed by atoms with van der Waals surface area (Å²) in [5, 5.41) is 3.51. The quantitative estimate of drug-likeness (QED) is 0.320. The summed E-state index contributed by atoms with van der Waals surface area (Å²) in [6.07, 6.45) is 5.88. The molecule has 1 saturated heterocycles. The maximum atomic E-state index is 4.44. The van der Waals surface area contributed by atoms with Crippen molar-refractivity contribution < 1.29 is 0 Å². The van der Waals surface area contributed by atoms with Crippen LogP contribution in [-0.2, 0) is 0 Å². The van der Waals surface area contributed by atoms with Crippen LogP contribution in [0.25, 0.3) is 0 Å². The highest BCUT2D eigenvalue weighted by Crippen LogP contribution is 2.26. The van der Waals surface area contributed by atoms with Gasteiger partial charge in [-0.15, -0.1) is 24.0 Å². The highest BCUT2D eigenvalue weighted by atomic mass is 127. The van der Waals surface area contributed by atoms with Crippen LogP contribution in [0.5, 0.6) is 0 Å². The van der Waals surface area contributed by atoms with Gasteiger partial charge >= 0.3 is 0 Å². The molecule has 1 N–H and O–H groups in total. The molecule has 3 nitrogen and oxygen atoms in total. The van der Waals surface area contributed by atoms with Crippen LogP contribution in [0.2, 0.25) is 0 Å². The van der Waals surface area contributed by atoms with Gasteiger partial charge in [-0.1, -0.05) is 30.3 Å². The van der Waals surface area contributed by atoms with Crippen LogP contribution in [0.1, 0.15) is 30.7 Å². The molecular formula is C17H28IN3S. The van der Waals surface area contributed by atoms with E-state index in [1.807, 2.05) is 18.8 Å². The lowest BCUT2D eigenvalue weighted by molar-refractivity contribution is 0.484. The lowest BCUT2D eigenvalue weighted by Crippen LogP contribution is -2.40. The smallest absolute Gasteiger partial charge is 0.193 e. The van der Waals surface area contributed by atoms with E-state index in [-0.39, 0.29) is 24.0 Å². The standard InChI is InChI=1S/C17H27N3S.HI/c1-18-17(19-11-6-7-13-21-2)20-12-10-16(14-20)15-8-4-3-5-9-15;/h3-5,8-9,16H,6-7,10-14H2,1-2H3,(H,18,19);1H. The fourth-order valence-corrected chi connectivity index (χ4v) is 3.35. The van der Waals surface area contributed by atoms with E-state index in [2.05, 4.69) is 51.8 Å². The van der Waals surface area contributed by atoms with Crippen molar-refractivity contribution in [3.8, 4) is 0 Å². The van der Waals surface area contributed by atoms with Gasteiger partial charge in [-0.05, 0) is 36.8 Å². The van der Waals surface area contributed by atoms with E-state index in [4.69, 9.17) is 0 Å². The SMILES string of the molecule is CN=C(NCCCCSC)N1CCC(c2ccccc2)C1.I. The van der Waals surface area contributed by atoms with E-state index in [9.17, 15) is 0 Å². The highest BCUT2D eigenvalue weighted by Gasteiger charge is 2.25. The zero-order chi connectivity index (χ0) is 14.9. The molecule has 1 unspecified atom stereocenters. The van der Waals surface area contributed by atoms with Gasteiger partial charge < -0.3 is 10.2 Å². The van der Waals surface area contributed by atoms with Gasteiger partial charge in [-0.2, -0.15) is 11.8 Å². The first-order valence-electron chi connectivity index (χ1n) is 7.84. The normalized spacial score (nSPS) is 18.2. The summed E-state index contributed by atoms with van der Waals surface area (Å²) >= 11 is 1.92. The number of nitrogens with one attached hydrogen (secondary N) is 1. The summed E-state index contributed by atoms with van der Waals surface area (Å²) in [5.74, 6) is 2.96. The third kappa shape index (κ3) is 5.99. The average molecular weight is 433 g/mol. The van der Waals surface area contributed by atoms with Gasteiger partial charge in [0.15, 0.2) is 5.96 Å². The number of nitrogens with zero attached hydrogens (tertiary/aromatic N) is 2. The highest BCUT2D eigenvalue weighted by molar-refractivity contribution is 14.0. The number of hydrogen-bond acceptors (Lipinski definition) is 2. The molecule has 1 heterocycles. The Morgan fingerprint density at radius 1 is 1.32 bits per heavy atom. The summed E-state index contributed by atoms with van der Waals surface area (Å²) < 4.78 is 0. The second kappa shape index (κ2) is 11.2. The van der Waals surface area contributed by atoms with Crippen LogP contribution >= 0.6 is 35.7 Å². The molecule has 2 rings (SSSR count). The molecule has 0 amide bonds. The molecule has 0 aromatic heterocycles. The molecule has 124 valence electrons. The van der Waals surface area contributed by atoms with E-state index >= 15 is 0 Å². The van der Waals surface area contributed by atoms with E-state index in [1.54, 1.807) is 0 Å². The van der Waals surface area contributed by atoms with Crippen molar-refractivity contribution in [2.75, 3.05) is 38.7 Å². The van der Waals surface area contributed by atoms with Gasteiger partial charge in [0.25, 0.3) is 0 Å². The molecule has 0 radical (unpaired) electrons. The van der Waals surface area contributed by atoms with Gasteiger partial charge in [0.1, 0.15) is 0 Å². The van der Waals surface area contributed by atoms with Crippen LogP contribution < -0.4 is 5.32 Å². The lowest BCUT2D eigenvalue weighted by atomic mass is 9.99. The fraction of sp³-hybridized carbons (Fsp3) is 0.588. The zero-order valence-corrected chi connectivity index (χ0v) is 16.8. The van der Waals surface area contributed by atoms with Crippen LogP contribution in [-0.4, -0.2) is 49.6 Å². The molecule has 1 atom stereocenters. The summed E-state index contributed by atoms with van der Waals surface area (Å²) in [7, 11) is 1.89. The fourth-order valence-electron chi connectivity index (χ4n) is 2.85. The topological polar surface area (TPSA) is 27.6 Å². The molecule has 0 spiro atoms. The van der Waals surface area contributed by atoms with Crippen molar-refractivity contribution in [1.82, 2.24) is 10.2 Å². The maximum Gasteiger partial charge on any atom is 0.193 e. The second-order valence-electron chi connectivity index (χ2n) is 5.52. The monoisotopic (exact) mass is 433 g/mol. The van der Waals surface area contributed by atoms with Crippen molar-refractivity contribution in [3.05, 3.63) is 35.9 Å². The molecule has 0 aliphatic carbocycles. The molecule has 1 aliphatic heterocycles. The van der Waals surface area contributed by atoms with Crippen LogP contribution in [0.3, 0.4) is 0 Å². The van der Waals surface area contributed by atoms with E-state index in [0.29, 0.717) is 5.92 Å². The number of guanidine groups is 1. The van der Waals surface area contributed by atoms with Crippen molar-refractivity contribution >= 4 is 41.7 Å². The number of unbranched alkanes of at least 4 members (excludes halogenated alkanes) is 1. The molecule has 5 heteroatoms. The Balaban J connectivity index is 0.00000242. The molecule has 1 aromatic rings. The van der Waals surface area contributed by atoms with E-state index < -0.39 is 0 Å². The van der Waals surface area contributed by atoms with E-state index in [1.165, 1.54) is 30.6 Å². The lowest BCUT2D eigenvalue weighted by Gasteiger charge is -2.21. The number of aliphatic imine (C=N–C) groups is 1. The number of halogens is 1. The summed E-state index contributed by atoms with van der Waals surface area (Å²) in [6, 6.07) is 10.8. The number of likely N-dealkylation sites (tertiary alicyclic amines) is 1. The predicted molar refractivity (Wildman–Crippen MR) is 110 cm³/mol. The second-order valence-corrected chi connectivity index (χ2v) is 6.50. The first kappa shape index (κ1) is 19.6. The largest absolute Gasteiger partial charge is 0.356 e. The number of thioether (sulfide) groups is 1. The van der Waals surface area contributed by atoms with Gasteiger partial charge in [0, 0.05) is 32.6 Å². The van der Waals surface area contributed by atoms with Crippen LogP contribution in [0.15, 0.2) is 35.3 Å². The Kier molecular flexibility index (Phi) is 9.95. The van der Waals surface area contributed by atoms with Crippen molar-refractivity contribution in [2.24, 2.45) is 4.99 Å². The summed E-state index contributed by atoms with van der Waals surface area (Å²) in [4.78, 5) is 6.84. The van der Waals surface area contributed by atoms with Crippen LogP contribution in [0.4, 0.5) is 0 Å². The minimum absolute atomic E-state index is 0. The van der Waals surface area contributed by atoms with Crippen molar-refractivity contribution in [2.45, 2.75) is 25.2 Å². The number of benzene rings is 1. The molecule has 1 aliphatic rings. The number of rotatable bonds is 6. The summed E-state index contributed by atoms with van der Waals surface area (Å²) in [6.45, 7) is 3.21. The number of hydrogen-bond donors (Lipinski definition) is 1. The average Bonchev–Trinajstić information content (AvgIpc) is 3.01. The van der Waals surface area contributed by atoms with Crippen molar-refractivity contribution in [1.29, 1.82) is 0 Å². The Labute approximate surface area is 156 Å². The first-order chi connectivity index (χ1) is 10.3. The maximum absolute atomic E-state index is 4.44. The Bertz CT molecular complexity index is 439. The first-order valence-corrected chi connectivity index (χ1v) is 9.24. The Morgan fingerprint density at radius 3 is 2.77 bits per heavy atom. The Morgan fingerprint density at radius 2 is 2.09 bits per heavy atom. The van der Waals surface area contributed by atoms with Crippen molar-refractivity contribution in [3.63, 3.8) is 0 Å². The van der Waals surface area contributed by atoms with Gasteiger partial charge in [0.2, 0.25) is 0 Å². The van der Waals surface area contributed by atoms with Gasteiger partial charge in [0.05, 0.1) is 0 Å². The molecular weight excluding hydrogens is 405 g/mol. The molecule has 22 heavy (non-hydrogen) atoms. The Hall–Kier alpha value is -0.430. The van der Waals surface area contributed by atoms with E-state index in [0.717, 1.165) is 25.6 Å². The minimum atomic E-state index is 0. The van der Waals surface area contributed by atoms with Crippen LogP contribution in [0, 0.1) is 0 Å². The summed E-state index contributed by atoms with van der Waals surface area (Å²) in [5.41, 5.74) is 1.45. The van der Waals surface area contributed by atoms with Gasteiger partial charge in [-0.3, -0.25) is 4.99 Å².